The zero-order chi connectivity index (χ0) is 43.9. The Morgan fingerprint density at radius 3 is 1.66 bits per heavy atom. The van der Waals surface area contributed by atoms with Crippen LogP contribution in [0, 0.1) is 11.3 Å². The third-order valence-electron chi connectivity index (χ3n) is 12.8. The molecule has 2 aliphatic rings. The number of aromatic nitrogens is 3. The second-order valence-electron chi connectivity index (χ2n) is 16.4. The fourth-order valence-electron chi connectivity index (χ4n) is 9.81. The van der Waals surface area contributed by atoms with Gasteiger partial charge in [-0.05, 0) is 111 Å². The first-order valence-corrected chi connectivity index (χ1v) is 21.8. The summed E-state index contributed by atoms with van der Waals surface area (Å²) in [6.07, 6.45) is 6.10. The van der Waals surface area contributed by atoms with Crippen molar-refractivity contribution in [2.24, 2.45) is 0 Å². The van der Waals surface area contributed by atoms with Crippen LogP contribution in [0.15, 0.2) is 236 Å². The highest BCUT2D eigenvalue weighted by atomic mass is 15.2. The minimum Gasteiger partial charge on any atom is -0.310 e. The predicted octanol–water partition coefficient (Wildman–Crippen LogP) is 14.6. The van der Waals surface area contributed by atoms with Gasteiger partial charge in [0.2, 0.25) is 0 Å². The molecule has 0 amide bonds. The Kier molecular flexibility index (Phi) is 9.76. The van der Waals surface area contributed by atoms with Crippen LogP contribution in [0.4, 0.5) is 11.4 Å². The average Bonchev–Trinajstić information content (AvgIpc) is 3.68. The number of nitrogens with zero attached hydrogens (tertiary/aromatic N) is 5. The molecular weight excluding hydrogens is 791 g/mol. The molecule has 5 heteroatoms. The van der Waals surface area contributed by atoms with Crippen LogP contribution in [0.2, 0.25) is 0 Å². The summed E-state index contributed by atoms with van der Waals surface area (Å²) in [4.78, 5) is 17.5. The molecule has 0 bridgehead atoms. The lowest BCUT2D eigenvalue weighted by molar-refractivity contribution is 0.717. The molecule has 1 aliphatic carbocycles. The Morgan fingerprint density at radius 1 is 0.492 bits per heavy atom. The number of allylic oxidation sites excluding steroid dienone is 4. The summed E-state index contributed by atoms with van der Waals surface area (Å²) in [7, 11) is 0. The van der Waals surface area contributed by atoms with Crippen LogP contribution in [0.25, 0.3) is 67.5 Å². The molecule has 0 radical (unpaired) electrons. The fraction of sp³-hybridized carbons (Fsp3) is 0.0333. The highest BCUT2D eigenvalue weighted by molar-refractivity contribution is 5.93. The van der Waals surface area contributed by atoms with E-state index in [1.165, 1.54) is 33.4 Å². The summed E-state index contributed by atoms with van der Waals surface area (Å²) in [5, 5.41) is 9.56. The van der Waals surface area contributed by atoms with Crippen molar-refractivity contribution in [1.82, 2.24) is 15.0 Å². The summed E-state index contributed by atoms with van der Waals surface area (Å²) < 4.78 is 0. The molecule has 8 aromatic carbocycles. The molecule has 11 rings (SSSR count). The molecule has 0 fully saturated rings. The maximum absolute atomic E-state index is 9.56. The Bertz CT molecular complexity index is 3370. The Labute approximate surface area is 379 Å². The van der Waals surface area contributed by atoms with Gasteiger partial charge in [0.1, 0.15) is 0 Å². The Morgan fingerprint density at radius 2 is 1.00 bits per heavy atom. The van der Waals surface area contributed by atoms with Crippen molar-refractivity contribution in [3.63, 3.8) is 0 Å². The van der Waals surface area contributed by atoms with Gasteiger partial charge < -0.3 is 4.90 Å². The molecule has 0 atom stereocenters. The van der Waals surface area contributed by atoms with E-state index in [4.69, 9.17) is 15.0 Å². The second-order valence-corrected chi connectivity index (χ2v) is 16.4. The normalized spacial score (nSPS) is 13.3. The van der Waals surface area contributed by atoms with Crippen LogP contribution in [0.3, 0.4) is 0 Å². The van der Waals surface area contributed by atoms with Gasteiger partial charge >= 0.3 is 0 Å². The van der Waals surface area contributed by atoms with Gasteiger partial charge in [-0.15, -0.1) is 0 Å². The maximum Gasteiger partial charge on any atom is 0.164 e. The number of hydrogen-bond donors (Lipinski definition) is 0. The van der Waals surface area contributed by atoms with Crippen LogP contribution in [-0.2, 0) is 5.41 Å². The lowest BCUT2D eigenvalue weighted by Gasteiger charge is -2.45. The van der Waals surface area contributed by atoms with Crippen LogP contribution in [0.1, 0.15) is 29.2 Å². The topological polar surface area (TPSA) is 65.7 Å². The minimum atomic E-state index is -0.546. The minimum absolute atomic E-state index is 0.546. The monoisotopic (exact) mass is 831 g/mol. The van der Waals surface area contributed by atoms with Gasteiger partial charge in [0, 0.05) is 28.1 Å². The quantitative estimate of drug-likeness (QED) is 0.143. The summed E-state index contributed by atoms with van der Waals surface area (Å²) in [6.45, 7) is 6.35. The van der Waals surface area contributed by atoms with Crippen molar-refractivity contribution in [1.29, 1.82) is 5.26 Å². The molecule has 0 N–H and O–H groups in total. The highest BCUT2D eigenvalue weighted by Crippen LogP contribution is 2.62. The second kappa shape index (κ2) is 16.2. The zero-order valence-corrected chi connectivity index (χ0v) is 35.7. The van der Waals surface area contributed by atoms with Gasteiger partial charge in [-0.25, -0.2) is 15.0 Å². The predicted molar refractivity (Wildman–Crippen MR) is 264 cm³/mol. The third-order valence-corrected chi connectivity index (χ3v) is 12.8. The molecule has 65 heavy (non-hydrogen) atoms. The third kappa shape index (κ3) is 6.59. The van der Waals surface area contributed by atoms with Crippen LogP contribution in [-0.4, -0.2) is 15.0 Å². The van der Waals surface area contributed by atoms with Crippen molar-refractivity contribution in [3.8, 4) is 73.6 Å². The largest absolute Gasteiger partial charge is 0.310 e. The van der Waals surface area contributed by atoms with E-state index < -0.39 is 5.41 Å². The van der Waals surface area contributed by atoms with Crippen LogP contribution < -0.4 is 4.90 Å². The van der Waals surface area contributed by atoms with E-state index in [0.29, 0.717) is 23.0 Å². The number of para-hydroxylation sites is 1. The van der Waals surface area contributed by atoms with E-state index in [-0.39, 0.29) is 0 Å². The molecule has 0 saturated heterocycles. The number of rotatable bonds is 8. The molecule has 5 nitrogen and oxygen atoms in total. The number of benzene rings is 8. The van der Waals surface area contributed by atoms with Crippen LogP contribution >= 0.6 is 0 Å². The smallest absolute Gasteiger partial charge is 0.164 e. The first kappa shape index (κ1) is 39.1. The average molecular weight is 832 g/mol. The van der Waals surface area contributed by atoms with Gasteiger partial charge in [0.05, 0.1) is 22.7 Å². The number of fused-ring (bicyclic) bond motifs is 7. The molecule has 2 heterocycles. The molecule has 1 aliphatic heterocycles. The van der Waals surface area contributed by atoms with Gasteiger partial charge in [0.25, 0.3) is 0 Å². The van der Waals surface area contributed by atoms with Crippen molar-refractivity contribution in [3.05, 3.63) is 259 Å². The van der Waals surface area contributed by atoms with Gasteiger partial charge in [-0.3, -0.25) is 0 Å². The van der Waals surface area contributed by atoms with Crippen molar-refractivity contribution < 1.29 is 0 Å². The summed E-state index contributed by atoms with van der Waals surface area (Å²) in [5.74, 6) is 1.75. The van der Waals surface area contributed by atoms with Gasteiger partial charge in [-0.1, -0.05) is 176 Å². The van der Waals surface area contributed by atoms with E-state index in [9.17, 15) is 5.26 Å². The van der Waals surface area contributed by atoms with E-state index in [1.54, 1.807) is 0 Å². The van der Waals surface area contributed by atoms with Crippen molar-refractivity contribution in [2.75, 3.05) is 4.90 Å². The van der Waals surface area contributed by atoms with Gasteiger partial charge in [0.15, 0.2) is 17.5 Å². The molecule has 0 saturated carbocycles. The zero-order valence-electron chi connectivity index (χ0n) is 35.7. The number of anilines is 2. The summed E-state index contributed by atoms with van der Waals surface area (Å²) in [6, 6.07) is 72.0. The Balaban J connectivity index is 1.05. The number of hydrogen-bond acceptors (Lipinski definition) is 5. The van der Waals surface area contributed by atoms with E-state index >= 15 is 0 Å². The lowest BCUT2D eigenvalue weighted by Crippen LogP contribution is -2.38. The standard InChI is InChI=1S/C60H41N5/c1-3-4-29-55-40(2)60(52-27-13-11-25-50(52)51-26-12-14-28-53(51)60)54-38-47(34-35-56(54)65(55)49-23-9-6-10-24-49)42-30-32-44(33-31-42)58-62-57(43-18-7-5-8-19-43)63-59(64-58)48-22-16-21-46(37-48)45-20-15-17-41(36-45)39-61/h3-38H,1H2,2H3/b29-4-. The summed E-state index contributed by atoms with van der Waals surface area (Å²) in [5.41, 5.74) is 17.7. The molecule has 1 aromatic heterocycles. The Hall–Kier alpha value is -8.72. The molecule has 1 spiro atoms. The van der Waals surface area contributed by atoms with Crippen molar-refractivity contribution in [2.45, 2.75) is 12.3 Å². The maximum atomic E-state index is 9.56. The molecule has 0 unspecified atom stereocenters. The fourth-order valence-corrected chi connectivity index (χ4v) is 9.81. The molecule has 9 aromatic rings. The summed E-state index contributed by atoms with van der Waals surface area (Å²) >= 11 is 0. The lowest BCUT2D eigenvalue weighted by atomic mass is 9.64. The van der Waals surface area contributed by atoms with E-state index in [2.05, 4.69) is 158 Å². The number of nitriles is 1. The van der Waals surface area contributed by atoms with Crippen molar-refractivity contribution >= 4 is 11.4 Å². The first-order valence-electron chi connectivity index (χ1n) is 21.8. The van der Waals surface area contributed by atoms with Gasteiger partial charge in [-0.2, -0.15) is 5.26 Å². The SMILES string of the molecule is C=C/C=C\C1=C(C)C2(c3ccccc3-c3ccccc32)c2cc(-c3ccc(-c4nc(-c5ccccc5)nc(-c5cccc(-c6cccc(C#N)c6)c5)n4)cc3)ccc2N1c1ccccc1. The molecule has 306 valence electrons. The first-order chi connectivity index (χ1) is 32.0. The van der Waals surface area contributed by atoms with E-state index in [1.807, 2.05) is 84.9 Å². The highest BCUT2D eigenvalue weighted by Gasteiger charge is 2.51. The van der Waals surface area contributed by atoms with E-state index in [0.717, 1.165) is 56.0 Å². The molecular formula is C60H41N5. The van der Waals surface area contributed by atoms with Crippen LogP contribution in [0.5, 0.6) is 0 Å².